The highest BCUT2D eigenvalue weighted by Gasteiger charge is 2.29. The van der Waals surface area contributed by atoms with E-state index in [9.17, 15) is 0 Å². The summed E-state index contributed by atoms with van der Waals surface area (Å²) in [5, 5.41) is 0.454. The van der Waals surface area contributed by atoms with E-state index in [1.807, 2.05) is 18.2 Å². The van der Waals surface area contributed by atoms with Crippen LogP contribution in [0.1, 0.15) is 0 Å². The maximum Gasteiger partial charge on any atom is 0.191 e. The Labute approximate surface area is 147 Å². The van der Waals surface area contributed by atoms with Gasteiger partial charge in [0.2, 0.25) is 0 Å². The molecule has 0 radical (unpaired) electrons. The number of halogens is 5. The average Bonchev–Trinajstić information content (AvgIpc) is 2.42. The van der Waals surface area contributed by atoms with Gasteiger partial charge in [-0.25, -0.2) is 0 Å². The van der Waals surface area contributed by atoms with Gasteiger partial charge in [0.05, 0.1) is 17.9 Å². The smallest absolute Gasteiger partial charge is 0.191 e. The van der Waals surface area contributed by atoms with E-state index in [1.165, 1.54) is 0 Å². The van der Waals surface area contributed by atoms with Gasteiger partial charge >= 0.3 is 0 Å². The minimum absolute atomic E-state index is 0.454. The van der Waals surface area contributed by atoms with Crippen molar-refractivity contribution in [2.75, 3.05) is 0 Å². The molecule has 2 aromatic rings. The highest BCUT2D eigenvalue weighted by Crippen LogP contribution is 2.57. The molecule has 1 heterocycles. The number of hydrogen-bond donors (Lipinski definition) is 0. The Morgan fingerprint density at radius 2 is 1.53 bits per heavy atom. The zero-order valence-corrected chi connectivity index (χ0v) is 16.0. The molecule has 0 atom stereocenters. The van der Waals surface area contributed by atoms with Gasteiger partial charge in [-0.3, -0.25) is 0 Å². The number of benzene rings is 2. The van der Waals surface area contributed by atoms with Crippen LogP contribution in [0.5, 0.6) is 23.0 Å². The minimum atomic E-state index is 0.454. The summed E-state index contributed by atoms with van der Waals surface area (Å²) in [4.78, 5) is 0. The number of para-hydroxylation sites is 1. The van der Waals surface area contributed by atoms with Crippen LogP contribution >= 0.6 is 75.3 Å². The lowest BCUT2D eigenvalue weighted by atomic mass is 10.2. The fourth-order valence-corrected chi connectivity index (χ4v) is 3.90. The molecule has 0 fully saturated rings. The standard InChI is InChI=1S/C12H3Br4ClO2/c13-4-2-1-3-5-10(4)19-11-8(16)6(14)7(15)9(17)12(11)18-5/h1-3H. The molecule has 1 aliphatic heterocycles. The van der Waals surface area contributed by atoms with E-state index < -0.39 is 0 Å². The summed E-state index contributed by atoms with van der Waals surface area (Å²) in [6, 6.07) is 5.58. The summed E-state index contributed by atoms with van der Waals surface area (Å²) in [7, 11) is 0. The summed E-state index contributed by atoms with van der Waals surface area (Å²) < 4.78 is 14.8. The number of hydrogen-bond acceptors (Lipinski definition) is 2. The molecule has 7 heteroatoms. The first kappa shape index (κ1) is 14.2. The van der Waals surface area contributed by atoms with Crippen LogP contribution in [0.25, 0.3) is 0 Å². The van der Waals surface area contributed by atoms with Crippen LogP contribution in [0.15, 0.2) is 36.1 Å². The molecule has 2 aromatic carbocycles. The Bertz CT molecular complexity index is 703. The summed E-state index contributed by atoms with van der Waals surface area (Å²) in [5.74, 6) is 2.26. The van der Waals surface area contributed by atoms with Gasteiger partial charge in [0.1, 0.15) is 5.02 Å². The van der Waals surface area contributed by atoms with Crippen LogP contribution in [0.3, 0.4) is 0 Å². The van der Waals surface area contributed by atoms with Crippen LogP contribution in [0, 0.1) is 0 Å². The Balaban J connectivity index is 2.26. The van der Waals surface area contributed by atoms with Gasteiger partial charge in [-0.1, -0.05) is 17.7 Å². The van der Waals surface area contributed by atoms with E-state index in [-0.39, 0.29) is 0 Å². The molecule has 2 nitrogen and oxygen atoms in total. The van der Waals surface area contributed by atoms with Gasteiger partial charge < -0.3 is 9.47 Å². The first-order chi connectivity index (χ1) is 9.00. The molecule has 98 valence electrons. The predicted octanol–water partition coefficient (Wildman–Crippen LogP) is 7.29. The molecule has 0 saturated heterocycles. The van der Waals surface area contributed by atoms with E-state index in [0.717, 1.165) is 13.4 Å². The molecule has 19 heavy (non-hydrogen) atoms. The molecule has 1 aliphatic rings. The molecule has 3 rings (SSSR count). The largest absolute Gasteiger partial charge is 0.448 e. The Morgan fingerprint density at radius 3 is 2.26 bits per heavy atom. The third-order valence-electron chi connectivity index (χ3n) is 2.53. The van der Waals surface area contributed by atoms with Crippen LogP contribution in [0.4, 0.5) is 0 Å². The lowest BCUT2D eigenvalue weighted by Crippen LogP contribution is -2.01. The van der Waals surface area contributed by atoms with Gasteiger partial charge in [0.25, 0.3) is 0 Å². The number of fused-ring (bicyclic) bond motifs is 2. The molecule has 0 saturated carbocycles. The van der Waals surface area contributed by atoms with Crippen molar-refractivity contribution >= 4 is 75.3 Å². The van der Waals surface area contributed by atoms with Crippen molar-refractivity contribution in [1.82, 2.24) is 0 Å². The summed E-state index contributed by atoms with van der Waals surface area (Å²) >= 11 is 20.0. The van der Waals surface area contributed by atoms with E-state index in [1.54, 1.807) is 0 Å². The zero-order valence-electron chi connectivity index (χ0n) is 8.94. The van der Waals surface area contributed by atoms with Crippen LogP contribution < -0.4 is 9.47 Å². The van der Waals surface area contributed by atoms with Crippen LogP contribution in [-0.4, -0.2) is 0 Å². The first-order valence-electron chi connectivity index (χ1n) is 5.01. The monoisotopic (exact) mass is 530 g/mol. The van der Waals surface area contributed by atoms with Gasteiger partial charge in [-0.2, -0.15) is 0 Å². The second-order valence-corrected chi connectivity index (χ2v) is 7.30. The Kier molecular flexibility index (Phi) is 3.90. The normalized spacial score (nSPS) is 12.3. The molecule has 0 unspecified atom stereocenters. The predicted molar refractivity (Wildman–Crippen MR) is 88.8 cm³/mol. The molecule has 0 aromatic heterocycles. The average molecular weight is 534 g/mol. The van der Waals surface area contributed by atoms with Gasteiger partial charge in [0, 0.05) is 0 Å². The highest BCUT2D eigenvalue weighted by molar-refractivity contribution is 9.14. The minimum Gasteiger partial charge on any atom is -0.448 e. The van der Waals surface area contributed by atoms with Gasteiger partial charge in [-0.15, -0.1) is 0 Å². The number of rotatable bonds is 0. The fourth-order valence-electron chi connectivity index (χ4n) is 1.65. The van der Waals surface area contributed by atoms with E-state index in [2.05, 4.69) is 63.7 Å². The first-order valence-corrected chi connectivity index (χ1v) is 8.56. The third-order valence-corrected chi connectivity index (χ3v) is 7.15. The van der Waals surface area contributed by atoms with Gasteiger partial charge in [-0.05, 0) is 75.9 Å². The lowest BCUT2D eigenvalue weighted by molar-refractivity contribution is 0.355. The molecule has 0 N–H and O–H groups in total. The van der Waals surface area contributed by atoms with Crippen molar-refractivity contribution < 1.29 is 9.47 Å². The second kappa shape index (κ2) is 5.22. The molecular formula is C12H3Br4ClO2. The molecule has 0 amide bonds. The zero-order chi connectivity index (χ0) is 13.7. The summed E-state index contributed by atoms with van der Waals surface area (Å²) in [6.07, 6.45) is 0. The fraction of sp³-hybridized carbons (Fsp3) is 0. The SMILES string of the molecule is Clc1c(Br)c(Br)c(Br)c2c1Oc1cccc(Br)c1O2. The van der Waals surface area contributed by atoms with Crippen molar-refractivity contribution in [1.29, 1.82) is 0 Å². The van der Waals surface area contributed by atoms with Crippen LogP contribution in [-0.2, 0) is 0 Å². The summed E-state index contributed by atoms with van der Waals surface area (Å²) in [6.45, 7) is 0. The number of ether oxygens (including phenoxy) is 2. The third kappa shape index (κ3) is 2.25. The van der Waals surface area contributed by atoms with Crippen LogP contribution in [0.2, 0.25) is 5.02 Å². The van der Waals surface area contributed by atoms with Crippen molar-refractivity contribution in [3.63, 3.8) is 0 Å². The maximum absolute atomic E-state index is 6.28. The maximum atomic E-state index is 6.28. The quantitative estimate of drug-likeness (QED) is 0.223. The van der Waals surface area contributed by atoms with E-state index in [0.29, 0.717) is 32.5 Å². The topological polar surface area (TPSA) is 18.5 Å². The molecular weight excluding hydrogens is 531 g/mol. The van der Waals surface area contributed by atoms with Crippen molar-refractivity contribution in [3.05, 3.63) is 41.1 Å². The molecule has 0 bridgehead atoms. The molecule has 0 aliphatic carbocycles. The Morgan fingerprint density at radius 1 is 0.789 bits per heavy atom. The van der Waals surface area contributed by atoms with Crippen molar-refractivity contribution in [2.24, 2.45) is 0 Å². The molecule has 0 spiro atoms. The van der Waals surface area contributed by atoms with Gasteiger partial charge in [0.15, 0.2) is 23.0 Å². The Hall–Kier alpha value is 0.250. The summed E-state index contributed by atoms with van der Waals surface area (Å²) in [5.41, 5.74) is 0. The second-order valence-electron chi connectivity index (χ2n) is 3.69. The van der Waals surface area contributed by atoms with Crippen molar-refractivity contribution in [2.45, 2.75) is 0 Å². The highest BCUT2D eigenvalue weighted by atomic mass is 79.9. The van der Waals surface area contributed by atoms with E-state index >= 15 is 0 Å². The lowest BCUT2D eigenvalue weighted by Gasteiger charge is -2.24. The van der Waals surface area contributed by atoms with E-state index in [4.69, 9.17) is 21.1 Å². The van der Waals surface area contributed by atoms with Crippen molar-refractivity contribution in [3.8, 4) is 23.0 Å².